The van der Waals surface area contributed by atoms with E-state index in [1.165, 1.54) is 19.3 Å². The largest absolute Gasteiger partial charge is 0.313 e. The fourth-order valence-electron chi connectivity index (χ4n) is 1.71. The summed E-state index contributed by atoms with van der Waals surface area (Å²) in [6.45, 7) is 0.764. The monoisotopic (exact) mass is 180 g/mol. The van der Waals surface area contributed by atoms with Gasteiger partial charge in [0.25, 0.3) is 0 Å². The number of aromatic nitrogens is 3. The van der Waals surface area contributed by atoms with Crippen LogP contribution < -0.4 is 5.32 Å². The van der Waals surface area contributed by atoms with Gasteiger partial charge in [-0.3, -0.25) is 4.68 Å². The minimum absolute atomic E-state index is 0.670. The lowest BCUT2D eigenvalue weighted by molar-refractivity contribution is 0.388. The second-order valence-corrected chi connectivity index (χ2v) is 3.67. The first-order valence-corrected chi connectivity index (χ1v) is 4.85. The maximum absolute atomic E-state index is 4.51. The first-order valence-electron chi connectivity index (χ1n) is 4.85. The van der Waals surface area contributed by atoms with E-state index in [0.29, 0.717) is 5.92 Å². The number of hydrogen-bond donors (Lipinski definition) is 1. The minimum Gasteiger partial charge on any atom is -0.313 e. The molecule has 1 aromatic heterocycles. The molecular weight excluding hydrogens is 164 g/mol. The topological polar surface area (TPSA) is 42.7 Å². The number of nitrogens with zero attached hydrogens (tertiary/aromatic N) is 3. The van der Waals surface area contributed by atoms with Gasteiger partial charge in [-0.15, -0.1) is 0 Å². The van der Waals surface area contributed by atoms with Gasteiger partial charge in [0.2, 0.25) is 0 Å². The Morgan fingerprint density at radius 3 is 2.85 bits per heavy atom. The summed E-state index contributed by atoms with van der Waals surface area (Å²) >= 11 is 0. The summed E-state index contributed by atoms with van der Waals surface area (Å²) < 4.78 is 1.93. The predicted molar refractivity (Wildman–Crippen MR) is 50.4 cm³/mol. The van der Waals surface area contributed by atoms with Crippen molar-refractivity contribution in [3.63, 3.8) is 0 Å². The Bertz CT molecular complexity index is 288. The molecule has 1 N–H and O–H groups in total. The van der Waals surface area contributed by atoms with Gasteiger partial charge in [0.15, 0.2) is 5.82 Å². The van der Waals surface area contributed by atoms with Crippen LogP contribution >= 0.6 is 0 Å². The summed E-state index contributed by atoms with van der Waals surface area (Å²) in [7, 11) is 3.90. The van der Waals surface area contributed by atoms with Crippen LogP contribution in [-0.2, 0) is 13.6 Å². The van der Waals surface area contributed by atoms with E-state index in [9.17, 15) is 0 Å². The van der Waals surface area contributed by atoms with Gasteiger partial charge < -0.3 is 5.32 Å². The van der Waals surface area contributed by atoms with Crippen LogP contribution in [0.5, 0.6) is 0 Å². The zero-order valence-electron chi connectivity index (χ0n) is 8.25. The van der Waals surface area contributed by atoms with E-state index in [1.807, 2.05) is 18.8 Å². The molecule has 4 nitrogen and oxygen atoms in total. The highest BCUT2D eigenvalue weighted by Crippen LogP contribution is 2.34. The van der Waals surface area contributed by atoms with Gasteiger partial charge in [-0.25, -0.2) is 4.98 Å². The fourth-order valence-corrected chi connectivity index (χ4v) is 1.71. The van der Waals surface area contributed by atoms with E-state index < -0.39 is 0 Å². The first-order chi connectivity index (χ1) is 6.31. The highest BCUT2D eigenvalue weighted by atomic mass is 15.3. The smallest absolute Gasteiger partial charge is 0.164 e. The summed E-state index contributed by atoms with van der Waals surface area (Å²) in [6.07, 6.45) is 3.91. The molecule has 1 aliphatic carbocycles. The van der Waals surface area contributed by atoms with Crippen molar-refractivity contribution >= 4 is 0 Å². The highest BCUT2D eigenvalue weighted by Gasteiger charge is 2.24. The van der Waals surface area contributed by atoms with Crippen molar-refractivity contribution in [3.8, 4) is 0 Å². The van der Waals surface area contributed by atoms with Gasteiger partial charge in [-0.05, 0) is 19.9 Å². The van der Waals surface area contributed by atoms with Crippen LogP contribution in [0.15, 0.2) is 0 Å². The second kappa shape index (κ2) is 3.46. The molecule has 1 aliphatic rings. The molecule has 1 fully saturated rings. The molecule has 0 bridgehead atoms. The van der Waals surface area contributed by atoms with Crippen molar-refractivity contribution in [2.75, 3.05) is 7.05 Å². The molecule has 1 saturated carbocycles. The molecule has 2 rings (SSSR count). The van der Waals surface area contributed by atoms with Gasteiger partial charge in [0, 0.05) is 13.0 Å². The Hall–Kier alpha value is -0.900. The van der Waals surface area contributed by atoms with E-state index in [4.69, 9.17) is 0 Å². The van der Waals surface area contributed by atoms with Crippen LogP contribution in [0.4, 0.5) is 0 Å². The van der Waals surface area contributed by atoms with Crippen LogP contribution in [0.2, 0.25) is 0 Å². The standard InChI is InChI=1S/C9H16N4/c1-10-6-8-11-9(13(2)12-8)7-4-3-5-7/h7,10H,3-6H2,1-2H3. The van der Waals surface area contributed by atoms with Gasteiger partial charge in [0.1, 0.15) is 5.82 Å². The van der Waals surface area contributed by atoms with Crippen molar-refractivity contribution in [3.05, 3.63) is 11.6 Å². The average molecular weight is 180 g/mol. The van der Waals surface area contributed by atoms with Crippen molar-refractivity contribution in [2.45, 2.75) is 31.7 Å². The Balaban J connectivity index is 2.15. The van der Waals surface area contributed by atoms with E-state index in [2.05, 4.69) is 15.4 Å². The van der Waals surface area contributed by atoms with Crippen molar-refractivity contribution in [2.24, 2.45) is 7.05 Å². The first kappa shape index (κ1) is 8.69. The normalized spacial score (nSPS) is 17.4. The van der Waals surface area contributed by atoms with E-state index in [0.717, 1.165) is 18.2 Å². The lowest BCUT2D eigenvalue weighted by atomic mass is 9.85. The van der Waals surface area contributed by atoms with Crippen LogP contribution in [0.1, 0.15) is 36.8 Å². The third-order valence-electron chi connectivity index (χ3n) is 2.65. The van der Waals surface area contributed by atoms with Crippen LogP contribution in [0, 0.1) is 0 Å². The Morgan fingerprint density at radius 2 is 2.31 bits per heavy atom. The molecule has 13 heavy (non-hydrogen) atoms. The molecule has 0 aromatic carbocycles. The lowest BCUT2D eigenvalue weighted by Gasteiger charge is -2.23. The molecule has 1 heterocycles. The van der Waals surface area contributed by atoms with Crippen LogP contribution in [-0.4, -0.2) is 21.8 Å². The summed E-state index contributed by atoms with van der Waals surface area (Å²) in [6, 6.07) is 0. The quantitative estimate of drug-likeness (QED) is 0.748. The second-order valence-electron chi connectivity index (χ2n) is 3.67. The lowest BCUT2D eigenvalue weighted by Crippen LogP contribution is -2.14. The molecule has 0 radical (unpaired) electrons. The minimum atomic E-state index is 0.670. The predicted octanol–water partition coefficient (Wildman–Crippen LogP) is 0.802. The number of rotatable bonds is 3. The number of hydrogen-bond acceptors (Lipinski definition) is 3. The zero-order valence-corrected chi connectivity index (χ0v) is 8.25. The average Bonchev–Trinajstić information content (AvgIpc) is 2.30. The fraction of sp³-hybridized carbons (Fsp3) is 0.778. The molecule has 0 spiro atoms. The number of aryl methyl sites for hydroxylation is 1. The van der Waals surface area contributed by atoms with Gasteiger partial charge >= 0.3 is 0 Å². The van der Waals surface area contributed by atoms with Crippen molar-refractivity contribution < 1.29 is 0 Å². The highest BCUT2D eigenvalue weighted by molar-refractivity contribution is 5.03. The molecule has 4 heteroatoms. The molecular formula is C9H16N4. The maximum atomic E-state index is 4.51. The Morgan fingerprint density at radius 1 is 1.54 bits per heavy atom. The van der Waals surface area contributed by atoms with Crippen LogP contribution in [0.25, 0.3) is 0 Å². The van der Waals surface area contributed by atoms with Gasteiger partial charge in [-0.2, -0.15) is 5.10 Å². The summed E-state index contributed by atoms with van der Waals surface area (Å²) in [5, 5.41) is 7.41. The third-order valence-corrected chi connectivity index (χ3v) is 2.65. The molecule has 0 amide bonds. The van der Waals surface area contributed by atoms with E-state index in [-0.39, 0.29) is 0 Å². The summed E-state index contributed by atoms with van der Waals surface area (Å²) in [5.74, 6) is 2.74. The van der Waals surface area contributed by atoms with Gasteiger partial charge in [-0.1, -0.05) is 6.42 Å². The van der Waals surface area contributed by atoms with Gasteiger partial charge in [0.05, 0.1) is 6.54 Å². The molecule has 0 unspecified atom stereocenters. The Labute approximate surface area is 78.4 Å². The van der Waals surface area contributed by atoms with E-state index >= 15 is 0 Å². The Kier molecular flexibility index (Phi) is 2.31. The van der Waals surface area contributed by atoms with E-state index in [1.54, 1.807) is 0 Å². The number of nitrogens with one attached hydrogen (secondary N) is 1. The zero-order chi connectivity index (χ0) is 9.26. The molecule has 0 aliphatic heterocycles. The van der Waals surface area contributed by atoms with Crippen LogP contribution in [0.3, 0.4) is 0 Å². The molecule has 1 aromatic rings. The molecule has 0 saturated heterocycles. The third kappa shape index (κ3) is 1.58. The van der Waals surface area contributed by atoms with Crippen molar-refractivity contribution in [1.82, 2.24) is 20.1 Å². The maximum Gasteiger partial charge on any atom is 0.164 e. The summed E-state index contributed by atoms with van der Waals surface area (Å²) in [5.41, 5.74) is 0. The van der Waals surface area contributed by atoms with Crippen molar-refractivity contribution in [1.29, 1.82) is 0 Å². The molecule has 72 valence electrons. The summed E-state index contributed by atoms with van der Waals surface area (Å²) in [4.78, 5) is 4.51. The SMILES string of the molecule is CNCc1nc(C2CCC2)n(C)n1. The molecule has 0 atom stereocenters.